The fourth-order valence-electron chi connectivity index (χ4n) is 4.96. The second-order valence-electron chi connectivity index (χ2n) is 9.56. The number of carbonyl (C=O) groups is 2. The van der Waals surface area contributed by atoms with Gasteiger partial charge in [0.15, 0.2) is 0 Å². The first-order valence-corrected chi connectivity index (χ1v) is 15.3. The lowest BCUT2D eigenvalue weighted by Gasteiger charge is -2.29. The summed E-state index contributed by atoms with van der Waals surface area (Å²) in [6.45, 7) is 13.8. The van der Waals surface area contributed by atoms with E-state index in [1.807, 2.05) is 4.90 Å². The van der Waals surface area contributed by atoms with Crippen molar-refractivity contribution in [3.05, 3.63) is 71.1 Å². The van der Waals surface area contributed by atoms with Crippen molar-refractivity contribution in [1.82, 2.24) is 14.1 Å². The summed E-state index contributed by atoms with van der Waals surface area (Å²) in [6.07, 6.45) is 6.94. The summed E-state index contributed by atoms with van der Waals surface area (Å²) in [6, 6.07) is 5.87. The van der Waals surface area contributed by atoms with Crippen molar-refractivity contribution in [2.45, 2.75) is 44.0 Å². The van der Waals surface area contributed by atoms with Gasteiger partial charge in [0.05, 0.1) is 10.5 Å². The van der Waals surface area contributed by atoms with Crippen molar-refractivity contribution in [1.29, 1.82) is 0 Å². The Morgan fingerprint density at radius 1 is 1.05 bits per heavy atom. The van der Waals surface area contributed by atoms with Crippen molar-refractivity contribution in [2.24, 2.45) is 0 Å². The van der Waals surface area contributed by atoms with Crippen LogP contribution in [0.15, 0.2) is 54.5 Å². The average Bonchev–Trinajstić information content (AvgIpc) is 3.29. The number of fused-ring (bicyclic) bond motifs is 1. The molecule has 3 heterocycles. The lowest BCUT2D eigenvalue weighted by atomic mass is 10.0. The van der Waals surface area contributed by atoms with E-state index in [1.165, 1.54) is 52.1 Å². The average molecular weight is 557 g/mol. The summed E-state index contributed by atoms with van der Waals surface area (Å²) in [5.74, 6) is -0.380. The number of hydrogen-bond donors (Lipinski definition) is 1. The van der Waals surface area contributed by atoms with Crippen molar-refractivity contribution in [2.75, 3.05) is 44.6 Å². The van der Waals surface area contributed by atoms with Crippen LogP contribution in [0, 0.1) is 0 Å². The molecule has 0 atom stereocenters. The van der Waals surface area contributed by atoms with Gasteiger partial charge >= 0.3 is 0 Å². The first-order valence-electron chi connectivity index (χ1n) is 13.1. The molecule has 0 aliphatic carbocycles. The van der Waals surface area contributed by atoms with Crippen LogP contribution in [-0.2, 0) is 23.0 Å². The number of sulfonamides is 1. The number of piperidine rings is 1. The normalized spacial score (nSPS) is 16.2. The molecule has 38 heavy (non-hydrogen) atoms. The fourth-order valence-corrected chi connectivity index (χ4v) is 7.62. The molecule has 1 fully saturated rings. The number of likely N-dealkylation sites (N-methyl/N-ethyl adjacent to an activating group) is 1. The van der Waals surface area contributed by atoms with Gasteiger partial charge in [-0.1, -0.05) is 19.1 Å². The van der Waals surface area contributed by atoms with Crippen LogP contribution in [0.5, 0.6) is 0 Å². The number of likely N-dealkylation sites (tertiary alicyclic amines) is 1. The zero-order valence-corrected chi connectivity index (χ0v) is 23.6. The number of thiophene rings is 1. The summed E-state index contributed by atoms with van der Waals surface area (Å²) < 4.78 is 27.3. The minimum atomic E-state index is -3.76. The van der Waals surface area contributed by atoms with Gasteiger partial charge in [0.1, 0.15) is 5.00 Å². The quantitative estimate of drug-likeness (QED) is 0.439. The van der Waals surface area contributed by atoms with Crippen LogP contribution >= 0.6 is 11.3 Å². The van der Waals surface area contributed by atoms with E-state index in [-0.39, 0.29) is 29.8 Å². The molecule has 2 aromatic rings. The molecule has 0 bridgehead atoms. The third-order valence-corrected chi connectivity index (χ3v) is 10.1. The number of carbonyl (C=O) groups excluding carboxylic acids is 2. The highest BCUT2D eigenvalue weighted by Gasteiger charge is 2.31. The highest BCUT2D eigenvalue weighted by Crippen LogP contribution is 2.38. The maximum Gasteiger partial charge on any atom is 0.257 e. The molecule has 0 spiro atoms. The van der Waals surface area contributed by atoms with Gasteiger partial charge in [-0.05, 0) is 62.1 Å². The largest absolute Gasteiger partial charge is 0.339 e. The predicted octanol–water partition coefficient (Wildman–Crippen LogP) is 4.37. The first-order chi connectivity index (χ1) is 18.3. The number of benzene rings is 1. The minimum absolute atomic E-state index is 0.00609. The second kappa shape index (κ2) is 12.4. The van der Waals surface area contributed by atoms with Crippen LogP contribution in [0.4, 0.5) is 5.00 Å². The van der Waals surface area contributed by atoms with Crippen LogP contribution in [0.25, 0.3) is 0 Å². The summed E-state index contributed by atoms with van der Waals surface area (Å²) in [5, 5.41) is 3.56. The molecule has 10 heteroatoms. The van der Waals surface area contributed by atoms with Crippen LogP contribution in [0.3, 0.4) is 0 Å². The van der Waals surface area contributed by atoms with Crippen LogP contribution in [-0.4, -0.2) is 73.6 Å². The molecule has 8 nitrogen and oxygen atoms in total. The van der Waals surface area contributed by atoms with E-state index in [0.717, 1.165) is 68.8 Å². The van der Waals surface area contributed by atoms with E-state index >= 15 is 0 Å². The standard InChI is InChI=1S/C28H36N4O4S2/c1-4-15-32(16-5-2)38(35,36)22-12-10-21(11-13-22)26(33)29-27-25(28(34)31-17-8-7-9-18-31)23-14-19-30(6-3)20-24(23)37-27/h4-5,10-13H,1-2,6-9,14-20H2,3H3,(H,29,33). The Balaban J connectivity index is 1.59. The van der Waals surface area contributed by atoms with Gasteiger partial charge in [0.25, 0.3) is 11.8 Å². The number of rotatable bonds is 10. The molecule has 1 N–H and O–H groups in total. The smallest absolute Gasteiger partial charge is 0.257 e. The molecule has 2 amide bonds. The van der Waals surface area contributed by atoms with Gasteiger partial charge in [-0.25, -0.2) is 8.42 Å². The van der Waals surface area contributed by atoms with E-state index in [1.54, 1.807) is 0 Å². The Morgan fingerprint density at radius 2 is 1.71 bits per heavy atom. The summed E-state index contributed by atoms with van der Waals surface area (Å²) in [7, 11) is -3.76. The molecule has 2 aliphatic rings. The highest BCUT2D eigenvalue weighted by atomic mass is 32.2. The summed E-state index contributed by atoms with van der Waals surface area (Å²) in [4.78, 5) is 32.4. The highest BCUT2D eigenvalue weighted by molar-refractivity contribution is 7.89. The van der Waals surface area contributed by atoms with Crippen molar-refractivity contribution >= 4 is 38.2 Å². The predicted molar refractivity (Wildman–Crippen MR) is 152 cm³/mol. The van der Waals surface area contributed by atoms with Crippen molar-refractivity contribution in [3.63, 3.8) is 0 Å². The Morgan fingerprint density at radius 3 is 2.32 bits per heavy atom. The van der Waals surface area contributed by atoms with E-state index < -0.39 is 10.0 Å². The monoisotopic (exact) mass is 556 g/mol. The Kier molecular flexibility index (Phi) is 9.19. The lowest BCUT2D eigenvalue weighted by molar-refractivity contribution is 0.0724. The second-order valence-corrected chi connectivity index (χ2v) is 12.6. The van der Waals surface area contributed by atoms with Gasteiger partial charge in [-0.2, -0.15) is 4.31 Å². The summed E-state index contributed by atoms with van der Waals surface area (Å²) >= 11 is 1.48. The SMILES string of the molecule is C=CCN(CC=C)S(=O)(=O)c1ccc(C(=O)Nc2sc3c(c2C(=O)N2CCCCC2)CCN(CC)C3)cc1. The number of anilines is 1. The molecule has 204 valence electrons. The third kappa shape index (κ3) is 5.93. The zero-order chi connectivity index (χ0) is 27.3. The van der Waals surface area contributed by atoms with E-state index in [4.69, 9.17) is 0 Å². The summed E-state index contributed by atoms with van der Waals surface area (Å²) in [5.41, 5.74) is 2.00. The molecule has 1 aromatic heterocycles. The maximum atomic E-state index is 13.6. The van der Waals surface area contributed by atoms with E-state index in [0.29, 0.717) is 16.1 Å². The third-order valence-electron chi connectivity index (χ3n) is 7.09. The zero-order valence-electron chi connectivity index (χ0n) is 21.9. The topological polar surface area (TPSA) is 90.0 Å². The van der Waals surface area contributed by atoms with E-state index in [9.17, 15) is 18.0 Å². The van der Waals surface area contributed by atoms with Crippen LogP contribution in [0.1, 0.15) is 57.3 Å². The van der Waals surface area contributed by atoms with E-state index in [2.05, 4.69) is 30.3 Å². The molecule has 2 aliphatic heterocycles. The molecule has 0 radical (unpaired) electrons. The number of nitrogens with one attached hydrogen (secondary N) is 1. The Hall–Kier alpha value is -2.79. The molecule has 1 saturated heterocycles. The lowest BCUT2D eigenvalue weighted by Crippen LogP contribution is -2.37. The molecular weight excluding hydrogens is 520 g/mol. The van der Waals surface area contributed by atoms with Gasteiger partial charge in [-0.15, -0.1) is 24.5 Å². The minimum Gasteiger partial charge on any atom is -0.339 e. The fraction of sp³-hybridized carbons (Fsp3) is 0.429. The van der Waals surface area contributed by atoms with Gasteiger partial charge in [0.2, 0.25) is 10.0 Å². The molecule has 4 rings (SSSR count). The first kappa shape index (κ1) is 28.2. The number of amides is 2. The maximum absolute atomic E-state index is 13.6. The number of hydrogen-bond acceptors (Lipinski definition) is 6. The molecule has 0 unspecified atom stereocenters. The molecule has 1 aromatic carbocycles. The molecular formula is C28H36N4O4S2. The van der Waals surface area contributed by atoms with Crippen LogP contribution < -0.4 is 5.32 Å². The van der Waals surface area contributed by atoms with Gasteiger partial charge in [-0.3, -0.25) is 14.5 Å². The van der Waals surface area contributed by atoms with Gasteiger partial charge in [0, 0.05) is 49.7 Å². The van der Waals surface area contributed by atoms with Crippen molar-refractivity contribution < 1.29 is 18.0 Å². The Bertz CT molecular complexity index is 1280. The van der Waals surface area contributed by atoms with Crippen molar-refractivity contribution in [3.8, 4) is 0 Å². The van der Waals surface area contributed by atoms with Crippen LogP contribution in [0.2, 0.25) is 0 Å². The Labute approximate surface area is 229 Å². The van der Waals surface area contributed by atoms with Gasteiger partial charge < -0.3 is 10.2 Å². The number of nitrogens with zero attached hydrogens (tertiary/aromatic N) is 3. The molecule has 0 saturated carbocycles.